The van der Waals surface area contributed by atoms with Crippen molar-refractivity contribution in [2.24, 2.45) is 10.8 Å². The summed E-state index contributed by atoms with van der Waals surface area (Å²) >= 11 is 0. The normalized spacial score (nSPS) is 15.4. The van der Waals surface area contributed by atoms with Gasteiger partial charge in [-0.25, -0.2) is 0 Å². The van der Waals surface area contributed by atoms with Crippen LogP contribution in [-0.4, -0.2) is 26.5 Å². The fourth-order valence-corrected chi connectivity index (χ4v) is 2.17. The zero-order valence-electron chi connectivity index (χ0n) is 12.2. The number of amides is 1. The lowest BCUT2D eigenvalue weighted by molar-refractivity contribution is -0.109. The molecule has 0 aromatic heterocycles. The minimum absolute atomic E-state index is 0.307. The van der Waals surface area contributed by atoms with Gasteiger partial charge in [-0.3, -0.25) is 4.79 Å². The Bertz CT molecular complexity index is 211. The van der Waals surface area contributed by atoms with E-state index in [9.17, 15) is 4.79 Å². The maximum Gasteiger partial charge on any atom is 0.207 e. The van der Waals surface area contributed by atoms with E-state index in [1.54, 1.807) is 0 Å². The Labute approximate surface area is 107 Å². The van der Waals surface area contributed by atoms with Gasteiger partial charge in [0, 0.05) is 6.54 Å². The molecule has 2 N–H and O–H groups in total. The topological polar surface area (TPSA) is 41.1 Å². The van der Waals surface area contributed by atoms with E-state index in [4.69, 9.17) is 0 Å². The molecule has 0 aliphatic rings. The number of rotatable bonds is 9. The van der Waals surface area contributed by atoms with Crippen molar-refractivity contribution in [2.45, 2.75) is 53.4 Å². The largest absolute Gasteiger partial charge is 0.359 e. The highest BCUT2D eigenvalue weighted by atomic mass is 16.1. The minimum Gasteiger partial charge on any atom is -0.359 e. The first-order valence-electron chi connectivity index (χ1n) is 6.69. The van der Waals surface area contributed by atoms with Gasteiger partial charge in [-0.2, -0.15) is 0 Å². The first kappa shape index (κ1) is 16.4. The van der Waals surface area contributed by atoms with Gasteiger partial charge in [-0.05, 0) is 50.1 Å². The molecule has 0 aliphatic heterocycles. The maximum absolute atomic E-state index is 10.2. The molecule has 1 unspecified atom stereocenters. The number of carbonyl (C=O) groups is 1. The number of carbonyl (C=O) groups excluding carboxylic acids is 1. The van der Waals surface area contributed by atoms with Crippen molar-refractivity contribution in [3.8, 4) is 0 Å². The third-order valence-corrected chi connectivity index (χ3v) is 4.10. The van der Waals surface area contributed by atoms with Gasteiger partial charge >= 0.3 is 0 Å². The predicted octanol–water partition coefficient (Wildman–Crippen LogP) is 2.56. The van der Waals surface area contributed by atoms with Gasteiger partial charge in [-0.15, -0.1) is 0 Å². The van der Waals surface area contributed by atoms with E-state index in [0.29, 0.717) is 10.8 Å². The summed E-state index contributed by atoms with van der Waals surface area (Å²) in [6, 6.07) is 0. The van der Waals surface area contributed by atoms with Crippen LogP contribution in [0.2, 0.25) is 0 Å². The van der Waals surface area contributed by atoms with Gasteiger partial charge < -0.3 is 10.6 Å². The standard InChI is InChI=1S/C14H30N2O/c1-13(2,3)14(4,8-6-10-15-5)9-7-11-16-12-17/h12,15H,6-11H2,1-5H3,(H,16,17). The van der Waals surface area contributed by atoms with Crippen LogP contribution >= 0.6 is 0 Å². The summed E-state index contributed by atoms with van der Waals surface area (Å²) in [5.41, 5.74) is 0.649. The molecule has 17 heavy (non-hydrogen) atoms. The van der Waals surface area contributed by atoms with Crippen molar-refractivity contribution in [3.05, 3.63) is 0 Å². The highest BCUT2D eigenvalue weighted by Crippen LogP contribution is 2.45. The molecule has 0 aromatic carbocycles. The van der Waals surface area contributed by atoms with E-state index in [0.717, 1.165) is 25.9 Å². The summed E-state index contributed by atoms with van der Waals surface area (Å²) in [6.45, 7) is 11.2. The van der Waals surface area contributed by atoms with Crippen molar-refractivity contribution in [1.29, 1.82) is 0 Å². The van der Waals surface area contributed by atoms with Crippen LogP contribution in [-0.2, 0) is 4.79 Å². The average molecular weight is 242 g/mol. The van der Waals surface area contributed by atoms with Crippen molar-refractivity contribution >= 4 is 6.41 Å². The lowest BCUT2D eigenvalue weighted by Crippen LogP contribution is -2.34. The Morgan fingerprint density at radius 3 is 1.94 bits per heavy atom. The smallest absolute Gasteiger partial charge is 0.207 e. The van der Waals surface area contributed by atoms with E-state index in [-0.39, 0.29) is 0 Å². The van der Waals surface area contributed by atoms with Crippen LogP contribution in [0.25, 0.3) is 0 Å². The first-order chi connectivity index (χ1) is 7.87. The Hall–Kier alpha value is -0.570. The van der Waals surface area contributed by atoms with Crippen LogP contribution < -0.4 is 10.6 Å². The van der Waals surface area contributed by atoms with Crippen LogP contribution in [0, 0.1) is 10.8 Å². The van der Waals surface area contributed by atoms with Gasteiger partial charge in [0.15, 0.2) is 0 Å². The molecule has 0 radical (unpaired) electrons. The summed E-state index contributed by atoms with van der Waals surface area (Å²) in [7, 11) is 2.00. The van der Waals surface area contributed by atoms with Gasteiger partial charge in [0.25, 0.3) is 0 Å². The van der Waals surface area contributed by atoms with E-state index in [1.807, 2.05) is 7.05 Å². The van der Waals surface area contributed by atoms with Crippen molar-refractivity contribution in [1.82, 2.24) is 10.6 Å². The summed E-state index contributed by atoms with van der Waals surface area (Å²) in [6.07, 6.45) is 5.46. The Balaban J connectivity index is 4.25. The Morgan fingerprint density at radius 2 is 1.53 bits per heavy atom. The molecule has 0 spiro atoms. The molecular formula is C14H30N2O. The average Bonchev–Trinajstić information content (AvgIpc) is 2.23. The third kappa shape index (κ3) is 6.06. The highest BCUT2D eigenvalue weighted by Gasteiger charge is 2.35. The fraction of sp³-hybridized carbons (Fsp3) is 0.929. The molecule has 0 rings (SSSR count). The molecule has 0 bridgehead atoms. The second-order valence-electron chi connectivity index (χ2n) is 6.19. The fourth-order valence-electron chi connectivity index (χ4n) is 2.17. The third-order valence-electron chi connectivity index (χ3n) is 4.10. The van der Waals surface area contributed by atoms with Gasteiger partial charge in [0.1, 0.15) is 0 Å². The molecule has 0 aliphatic carbocycles. The second-order valence-corrected chi connectivity index (χ2v) is 6.19. The molecule has 0 aromatic rings. The molecule has 0 heterocycles. The van der Waals surface area contributed by atoms with E-state index >= 15 is 0 Å². The van der Waals surface area contributed by atoms with Crippen LogP contribution in [0.3, 0.4) is 0 Å². The zero-order chi connectivity index (χ0) is 13.4. The van der Waals surface area contributed by atoms with Crippen LogP contribution in [0.4, 0.5) is 0 Å². The molecule has 1 amide bonds. The quantitative estimate of drug-likeness (QED) is 0.482. The van der Waals surface area contributed by atoms with Crippen LogP contribution in [0.5, 0.6) is 0 Å². The second kappa shape index (κ2) is 7.70. The maximum atomic E-state index is 10.2. The molecule has 3 nitrogen and oxygen atoms in total. The Morgan fingerprint density at radius 1 is 1.00 bits per heavy atom. The summed E-state index contributed by atoms with van der Waals surface area (Å²) in [4.78, 5) is 10.2. The lowest BCUT2D eigenvalue weighted by Gasteiger charge is -2.42. The van der Waals surface area contributed by atoms with E-state index in [1.165, 1.54) is 19.3 Å². The van der Waals surface area contributed by atoms with E-state index in [2.05, 4.69) is 38.3 Å². The minimum atomic E-state index is 0.307. The molecular weight excluding hydrogens is 212 g/mol. The van der Waals surface area contributed by atoms with Gasteiger partial charge in [0.05, 0.1) is 0 Å². The molecule has 0 saturated heterocycles. The number of nitrogens with one attached hydrogen (secondary N) is 2. The molecule has 0 fully saturated rings. The zero-order valence-corrected chi connectivity index (χ0v) is 12.2. The van der Waals surface area contributed by atoms with Crippen molar-refractivity contribution in [2.75, 3.05) is 20.1 Å². The lowest BCUT2D eigenvalue weighted by atomic mass is 9.63. The summed E-state index contributed by atoms with van der Waals surface area (Å²) < 4.78 is 0. The van der Waals surface area contributed by atoms with E-state index < -0.39 is 0 Å². The van der Waals surface area contributed by atoms with Crippen molar-refractivity contribution < 1.29 is 4.79 Å². The highest BCUT2D eigenvalue weighted by molar-refractivity contribution is 5.45. The monoisotopic (exact) mass is 242 g/mol. The molecule has 0 saturated carbocycles. The van der Waals surface area contributed by atoms with Crippen molar-refractivity contribution in [3.63, 3.8) is 0 Å². The van der Waals surface area contributed by atoms with Gasteiger partial charge in [0.2, 0.25) is 6.41 Å². The molecule has 1 atom stereocenters. The van der Waals surface area contributed by atoms with Gasteiger partial charge in [-0.1, -0.05) is 27.7 Å². The number of hydrogen-bond acceptors (Lipinski definition) is 2. The van der Waals surface area contributed by atoms with Crippen LogP contribution in [0.15, 0.2) is 0 Å². The van der Waals surface area contributed by atoms with Crippen LogP contribution in [0.1, 0.15) is 53.4 Å². The molecule has 102 valence electrons. The summed E-state index contributed by atoms with van der Waals surface area (Å²) in [5, 5.41) is 5.96. The predicted molar refractivity (Wildman–Crippen MR) is 74.0 cm³/mol. The Kier molecular flexibility index (Phi) is 7.44. The summed E-state index contributed by atoms with van der Waals surface area (Å²) in [5.74, 6) is 0. The number of hydrogen-bond donors (Lipinski definition) is 2. The molecule has 3 heteroatoms. The first-order valence-corrected chi connectivity index (χ1v) is 6.69. The SMILES string of the molecule is CNCCCC(C)(CCCNC=O)C(C)(C)C.